The van der Waals surface area contributed by atoms with Crippen molar-refractivity contribution in [3.05, 3.63) is 30.3 Å². The molecule has 1 aromatic rings. The van der Waals surface area contributed by atoms with Crippen LogP contribution in [0.15, 0.2) is 40.4 Å². The number of likely N-dealkylation sites (tertiary alicyclic amines) is 1. The Morgan fingerprint density at radius 2 is 2.00 bits per heavy atom. The second-order valence-corrected chi connectivity index (χ2v) is 6.58. The number of nitrogens with zero attached hydrogens (tertiary/aromatic N) is 2. The SMILES string of the molecule is CC1(/C(N)=N/O)CCN(C(=O)CSc2ccccc2)CC1. The molecule has 1 aromatic carbocycles. The Kier molecular flexibility index (Phi) is 5.12. The number of amidine groups is 1. The van der Waals surface area contributed by atoms with Gasteiger partial charge in [0.15, 0.2) is 0 Å². The van der Waals surface area contributed by atoms with Crippen molar-refractivity contribution in [1.82, 2.24) is 4.90 Å². The van der Waals surface area contributed by atoms with Crippen LogP contribution in [0, 0.1) is 5.41 Å². The molecule has 21 heavy (non-hydrogen) atoms. The van der Waals surface area contributed by atoms with Gasteiger partial charge in [0.05, 0.1) is 5.75 Å². The first-order valence-corrected chi connectivity index (χ1v) is 7.97. The van der Waals surface area contributed by atoms with Crippen molar-refractivity contribution in [2.75, 3.05) is 18.8 Å². The summed E-state index contributed by atoms with van der Waals surface area (Å²) in [6.07, 6.45) is 1.45. The van der Waals surface area contributed by atoms with Crippen molar-refractivity contribution in [2.45, 2.75) is 24.7 Å². The summed E-state index contributed by atoms with van der Waals surface area (Å²) in [5, 5.41) is 11.9. The molecule has 3 N–H and O–H groups in total. The second kappa shape index (κ2) is 6.85. The van der Waals surface area contributed by atoms with Gasteiger partial charge in [-0.15, -0.1) is 11.8 Å². The van der Waals surface area contributed by atoms with E-state index in [-0.39, 0.29) is 17.2 Å². The maximum Gasteiger partial charge on any atom is 0.232 e. The van der Waals surface area contributed by atoms with Crippen molar-refractivity contribution in [1.29, 1.82) is 0 Å². The highest BCUT2D eigenvalue weighted by Gasteiger charge is 2.35. The molecule has 114 valence electrons. The van der Waals surface area contributed by atoms with Crippen LogP contribution in [0.5, 0.6) is 0 Å². The van der Waals surface area contributed by atoms with Gasteiger partial charge in [-0.3, -0.25) is 4.79 Å². The number of thioether (sulfide) groups is 1. The Labute approximate surface area is 129 Å². The van der Waals surface area contributed by atoms with Crippen LogP contribution in [0.1, 0.15) is 19.8 Å². The molecule has 1 heterocycles. The molecule has 0 aromatic heterocycles. The molecule has 1 aliphatic heterocycles. The third-order valence-corrected chi connectivity index (χ3v) is 5.05. The molecule has 1 aliphatic rings. The van der Waals surface area contributed by atoms with E-state index in [9.17, 15) is 4.79 Å². The van der Waals surface area contributed by atoms with Gasteiger partial charge in [0.2, 0.25) is 5.91 Å². The number of benzene rings is 1. The summed E-state index contributed by atoms with van der Waals surface area (Å²) in [5.41, 5.74) is 5.42. The molecule has 1 amide bonds. The van der Waals surface area contributed by atoms with E-state index in [1.165, 1.54) is 0 Å². The van der Waals surface area contributed by atoms with E-state index in [0.29, 0.717) is 18.8 Å². The zero-order chi connectivity index (χ0) is 15.3. The van der Waals surface area contributed by atoms with Crippen molar-refractivity contribution in [2.24, 2.45) is 16.3 Å². The molecule has 0 bridgehead atoms. The molecular formula is C15H21N3O2S. The molecule has 0 atom stereocenters. The van der Waals surface area contributed by atoms with Crippen LogP contribution in [0.2, 0.25) is 0 Å². The summed E-state index contributed by atoms with van der Waals surface area (Å²) in [7, 11) is 0. The number of carbonyl (C=O) groups is 1. The summed E-state index contributed by atoms with van der Waals surface area (Å²) in [6.45, 7) is 3.28. The predicted octanol–water partition coefficient (Wildman–Crippen LogP) is 2.15. The van der Waals surface area contributed by atoms with E-state index < -0.39 is 0 Å². The van der Waals surface area contributed by atoms with Crippen molar-refractivity contribution in [3.8, 4) is 0 Å². The highest BCUT2D eigenvalue weighted by molar-refractivity contribution is 8.00. The fourth-order valence-electron chi connectivity index (χ4n) is 2.38. The largest absolute Gasteiger partial charge is 0.409 e. The highest BCUT2D eigenvalue weighted by Crippen LogP contribution is 2.31. The smallest absolute Gasteiger partial charge is 0.232 e. The number of nitrogens with two attached hydrogens (primary N) is 1. The number of hydrogen-bond acceptors (Lipinski definition) is 4. The van der Waals surface area contributed by atoms with Crippen LogP contribution < -0.4 is 5.73 Å². The van der Waals surface area contributed by atoms with Crippen molar-refractivity contribution < 1.29 is 10.0 Å². The topological polar surface area (TPSA) is 78.9 Å². The number of amides is 1. The average molecular weight is 307 g/mol. The maximum atomic E-state index is 12.2. The van der Waals surface area contributed by atoms with Gasteiger partial charge in [0, 0.05) is 23.4 Å². The Morgan fingerprint density at radius 1 is 1.38 bits per heavy atom. The summed E-state index contributed by atoms with van der Waals surface area (Å²) in [5.74, 6) is 0.850. The van der Waals surface area contributed by atoms with Crippen LogP contribution in [0.4, 0.5) is 0 Å². The first-order valence-electron chi connectivity index (χ1n) is 6.99. The van der Waals surface area contributed by atoms with Gasteiger partial charge >= 0.3 is 0 Å². The summed E-state index contributed by atoms with van der Waals surface area (Å²) >= 11 is 1.55. The third-order valence-electron chi connectivity index (χ3n) is 4.05. The van der Waals surface area contributed by atoms with Gasteiger partial charge in [0.25, 0.3) is 0 Å². The van der Waals surface area contributed by atoms with Crippen molar-refractivity contribution >= 4 is 23.5 Å². The Balaban J connectivity index is 1.83. The van der Waals surface area contributed by atoms with E-state index in [1.807, 2.05) is 42.2 Å². The molecule has 6 heteroatoms. The van der Waals surface area contributed by atoms with Crippen LogP contribution in [-0.2, 0) is 4.79 Å². The predicted molar refractivity (Wildman–Crippen MR) is 84.5 cm³/mol. The summed E-state index contributed by atoms with van der Waals surface area (Å²) < 4.78 is 0. The van der Waals surface area contributed by atoms with Crippen LogP contribution in [0.3, 0.4) is 0 Å². The van der Waals surface area contributed by atoms with E-state index >= 15 is 0 Å². The lowest BCUT2D eigenvalue weighted by molar-refractivity contribution is -0.130. The van der Waals surface area contributed by atoms with Gasteiger partial charge in [-0.25, -0.2) is 0 Å². The Hall–Kier alpha value is -1.69. The summed E-state index contributed by atoms with van der Waals surface area (Å²) in [6, 6.07) is 9.91. The van der Waals surface area contributed by atoms with Crippen LogP contribution in [-0.4, -0.2) is 40.7 Å². The molecule has 0 saturated carbocycles. The average Bonchev–Trinajstić information content (AvgIpc) is 2.53. The van der Waals surface area contributed by atoms with Gasteiger partial charge < -0.3 is 15.8 Å². The zero-order valence-electron chi connectivity index (χ0n) is 12.2. The minimum absolute atomic E-state index is 0.144. The van der Waals surface area contributed by atoms with Gasteiger partial charge in [-0.1, -0.05) is 30.3 Å². The lowest BCUT2D eigenvalue weighted by Gasteiger charge is -2.38. The van der Waals surface area contributed by atoms with E-state index in [1.54, 1.807) is 11.8 Å². The van der Waals surface area contributed by atoms with Crippen LogP contribution in [0.25, 0.3) is 0 Å². The lowest BCUT2D eigenvalue weighted by atomic mass is 9.79. The van der Waals surface area contributed by atoms with Gasteiger partial charge in [-0.05, 0) is 25.0 Å². The van der Waals surface area contributed by atoms with Gasteiger partial charge in [-0.2, -0.15) is 0 Å². The number of hydrogen-bond donors (Lipinski definition) is 2. The fourth-order valence-corrected chi connectivity index (χ4v) is 3.20. The Morgan fingerprint density at radius 3 is 2.57 bits per heavy atom. The first kappa shape index (κ1) is 15.7. The molecule has 1 saturated heterocycles. The maximum absolute atomic E-state index is 12.2. The zero-order valence-corrected chi connectivity index (χ0v) is 13.0. The van der Waals surface area contributed by atoms with E-state index in [2.05, 4.69) is 5.16 Å². The molecule has 0 unspecified atom stereocenters. The minimum Gasteiger partial charge on any atom is -0.409 e. The Bertz CT molecular complexity index is 511. The number of piperidine rings is 1. The van der Waals surface area contributed by atoms with Crippen LogP contribution >= 0.6 is 11.8 Å². The van der Waals surface area contributed by atoms with E-state index in [0.717, 1.165) is 17.7 Å². The molecule has 0 aliphatic carbocycles. The molecular weight excluding hydrogens is 286 g/mol. The minimum atomic E-state index is -0.307. The number of oxime groups is 1. The molecule has 0 spiro atoms. The van der Waals surface area contributed by atoms with Gasteiger partial charge in [0.1, 0.15) is 5.84 Å². The molecule has 5 nitrogen and oxygen atoms in total. The molecule has 1 fully saturated rings. The lowest BCUT2D eigenvalue weighted by Crippen LogP contribution is -2.47. The fraction of sp³-hybridized carbons (Fsp3) is 0.467. The van der Waals surface area contributed by atoms with Crippen molar-refractivity contribution in [3.63, 3.8) is 0 Å². The number of rotatable bonds is 4. The standard InChI is InChI=1S/C15H21N3O2S/c1-15(14(16)17-20)7-9-18(10-8-15)13(19)11-21-12-5-3-2-4-6-12/h2-6,20H,7-11H2,1H3,(H2,16,17). The quantitative estimate of drug-likeness (QED) is 0.294. The first-order chi connectivity index (χ1) is 10.0. The van der Waals surface area contributed by atoms with E-state index in [4.69, 9.17) is 10.9 Å². The molecule has 2 rings (SSSR count). The highest BCUT2D eigenvalue weighted by atomic mass is 32.2. The second-order valence-electron chi connectivity index (χ2n) is 5.53. The monoisotopic (exact) mass is 307 g/mol. The number of carbonyl (C=O) groups excluding carboxylic acids is 1. The molecule has 0 radical (unpaired) electrons. The normalized spacial score (nSPS) is 18.5. The summed E-state index contributed by atoms with van der Waals surface area (Å²) in [4.78, 5) is 15.2. The third kappa shape index (κ3) is 3.91.